The van der Waals surface area contributed by atoms with E-state index in [0.29, 0.717) is 18.7 Å². The number of aromatic amines is 1. The molecule has 1 aromatic rings. The minimum Gasteiger partial charge on any atom is -0.274 e. The second kappa shape index (κ2) is 3.80. The highest BCUT2D eigenvalue weighted by molar-refractivity contribution is 6.05. The fourth-order valence-corrected chi connectivity index (χ4v) is 2.48. The highest BCUT2D eigenvalue weighted by Gasteiger charge is 2.47. The molecule has 0 aromatic carbocycles. The molecule has 0 radical (unpaired) electrons. The van der Waals surface area contributed by atoms with E-state index >= 15 is 0 Å². The quantitative estimate of drug-likeness (QED) is 0.585. The fourth-order valence-electron chi connectivity index (χ4n) is 2.48. The maximum Gasteiger partial charge on any atom is 0.233 e. The van der Waals surface area contributed by atoms with Crippen LogP contribution in [-0.4, -0.2) is 31.9 Å². The van der Waals surface area contributed by atoms with E-state index < -0.39 is 0 Å². The third-order valence-corrected chi connectivity index (χ3v) is 3.37. The number of nitrogens with one attached hydrogen (secondary N) is 1. The first-order valence-electron chi connectivity index (χ1n) is 5.62. The van der Waals surface area contributed by atoms with Crippen LogP contribution < -0.4 is 0 Å². The molecule has 1 fully saturated rings. The Hall–Kier alpha value is -1.98. The highest BCUT2D eigenvalue weighted by atomic mass is 16.2. The zero-order valence-electron chi connectivity index (χ0n) is 9.17. The number of amides is 2. The van der Waals surface area contributed by atoms with Crippen LogP contribution >= 0.6 is 0 Å². The Bertz CT molecular complexity index is 454. The molecule has 2 heterocycles. The van der Waals surface area contributed by atoms with Gasteiger partial charge in [0.2, 0.25) is 11.8 Å². The SMILES string of the molecule is O=C1C2CC=CCC2C(=O)N1Cc1ncn[nH]1. The minimum atomic E-state index is -0.171. The molecular formula is C11H12N4O2. The van der Waals surface area contributed by atoms with E-state index in [1.807, 2.05) is 12.2 Å². The molecule has 1 aliphatic carbocycles. The van der Waals surface area contributed by atoms with Crippen LogP contribution in [-0.2, 0) is 16.1 Å². The van der Waals surface area contributed by atoms with Crippen molar-refractivity contribution in [2.75, 3.05) is 0 Å². The van der Waals surface area contributed by atoms with Crippen LogP contribution in [0.5, 0.6) is 0 Å². The molecule has 3 rings (SSSR count). The zero-order valence-corrected chi connectivity index (χ0v) is 9.17. The predicted octanol–water partition coefficient (Wildman–Crippen LogP) is 0.256. The zero-order chi connectivity index (χ0) is 11.8. The standard InChI is InChI=1S/C11H12N4O2/c16-10-7-3-1-2-4-8(7)11(17)15(10)5-9-12-6-13-14-9/h1-2,6-8H,3-5H2,(H,12,13,14). The maximum absolute atomic E-state index is 12.1. The lowest BCUT2D eigenvalue weighted by Crippen LogP contribution is -2.31. The van der Waals surface area contributed by atoms with Gasteiger partial charge in [-0.25, -0.2) is 4.98 Å². The van der Waals surface area contributed by atoms with E-state index in [-0.39, 0.29) is 30.2 Å². The predicted molar refractivity (Wildman–Crippen MR) is 57.3 cm³/mol. The lowest BCUT2D eigenvalue weighted by molar-refractivity contribution is -0.140. The lowest BCUT2D eigenvalue weighted by Gasteiger charge is -2.14. The van der Waals surface area contributed by atoms with Crippen molar-refractivity contribution in [1.82, 2.24) is 20.1 Å². The van der Waals surface area contributed by atoms with Gasteiger partial charge in [-0.3, -0.25) is 19.6 Å². The number of carbonyl (C=O) groups is 2. The number of H-pyrrole nitrogens is 1. The summed E-state index contributed by atoms with van der Waals surface area (Å²) in [6, 6.07) is 0. The third-order valence-electron chi connectivity index (χ3n) is 3.37. The molecule has 2 atom stereocenters. The fraction of sp³-hybridized carbons (Fsp3) is 0.455. The molecule has 0 bridgehead atoms. The van der Waals surface area contributed by atoms with Crippen LogP contribution in [0.4, 0.5) is 0 Å². The highest BCUT2D eigenvalue weighted by Crippen LogP contribution is 2.35. The Balaban J connectivity index is 1.82. The largest absolute Gasteiger partial charge is 0.274 e. The first kappa shape index (κ1) is 10.2. The third kappa shape index (κ3) is 1.56. The smallest absolute Gasteiger partial charge is 0.233 e. The minimum absolute atomic E-state index is 0.0826. The molecule has 2 unspecified atom stereocenters. The van der Waals surface area contributed by atoms with Gasteiger partial charge >= 0.3 is 0 Å². The van der Waals surface area contributed by atoms with Crippen LogP contribution in [0.3, 0.4) is 0 Å². The first-order valence-corrected chi connectivity index (χ1v) is 5.62. The Labute approximate surface area is 97.7 Å². The normalized spacial score (nSPS) is 27.6. The number of imide groups is 1. The van der Waals surface area contributed by atoms with Crippen molar-refractivity contribution in [3.05, 3.63) is 24.3 Å². The van der Waals surface area contributed by atoms with Gasteiger partial charge in [0.1, 0.15) is 12.2 Å². The lowest BCUT2D eigenvalue weighted by atomic mass is 9.85. The molecule has 6 heteroatoms. The summed E-state index contributed by atoms with van der Waals surface area (Å²) >= 11 is 0. The van der Waals surface area contributed by atoms with Gasteiger partial charge in [-0.05, 0) is 12.8 Å². The van der Waals surface area contributed by atoms with Gasteiger partial charge in [0.05, 0.1) is 18.4 Å². The Kier molecular flexibility index (Phi) is 2.28. The van der Waals surface area contributed by atoms with Crippen LogP contribution in [0, 0.1) is 11.8 Å². The summed E-state index contributed by atoms with van der Waals surface area (Å²) in [5.41, 5.74) is 0. The molecule has 0 saturated carbocycles. The summed E-state index contributed by atoms with van der Waals surface area (Å²) in [4.78, 5) is 29.4. The number of allylic oxidation sites excluding steroid dienone is 2. The van der Waals surface area contributed by atoms with E-state index in [0.717, 1.165) is 0 Å². The van der Waals surface area contributed by atoms with Crippen LogP contribution in [0.15, 0.2) is 18.5 Å². The van der Waals surface area contributed by atoms with Crippen molar-refractivity contribution >= 4 is 11.8 Å². The maximum atomic E-state index is 12.1. The van der Waals surface area contributed by atoms with Crippen molar-refractivity contribution in [3.8, 4) is 0 Å². The van der Waals surface area contributed by atoms with E-state index in [2.05, 4.69) is 15.2 Å². The van der Waals surface area contributed by atoms with E-state index in [9.17, 15) is 9.59 Å². The molecule has 17 heavy (non-hydrogen) atoms. The van der Waals surface area contributed by atoms with Gasteiger partial charge < -0.3 is 0 Å². The Morgan fingerprint density at radius 1 is 1.24 bits per heavy atom. The average molecular weight is 232 g/mol. The second-order valence-electron chi connectivity index (χ2n) is 4.35. The molecule has 1 saturated heterocycles. The van der Waals surface area contributed by atoms with Gasteiger partial charge in [0.15, 0.2) is 0 Å². The van der Waals surface area contributed by atoms with Crippen molar-refractivity contribution in [1.29, 1.82) is 0 Å². The summed E-state index contributed by atoms with van der Waals surface area (Å²) < 4.78 is 0. The van der Waals surface area contributed by atoms with Crippen LogP contribution in [0.1, 0.15) is 18.7 Å². The van der Waals surface area contributed by atoms with Gasteiger partial charge in [-0.2, -0.15) is 5.10 Å². The number of carbonyl (C=O) groups excluding carboxylic acids is 2. The van der Waals surface area contributed by atoms with Gasteiger partial charge in [-0.1, -0.05) is 12.2 Å². The Morgan fingerprint density at radius 3 is 2.41 bits per heavy atom. The number of nitrogens with zero attached hydrogens (tertiary/aromatic N) is 3. The van der Waals surface area contributed by atoms with E-state index in [1.165, 1.54) is 11.2 Å². The number of hydrogen-bond acceptors (Lipinski definition) is 4. The van der Waals surface area contributed by atoms with Crippen molar-refractivity contribution < 1.29 is 9.59 Å². The first-order chi connectivity index (χ1) is 8.27. The molecule has 1 N–H and O–H groups in total. The summed E-state index contributed by atoms with van der Waals surface area (Å²) in [6.45, 7) is 0.199. The topological polar surface area (TPSA) is 79.0 Å². The number of rotatable bonds is 2. The van der Waals surface area contributed by atoms with Crippen LogP contribution in [0.2, 0.25) is 0 Å². The number of aromatic nitrogens is 3. The molecule has 6 nitrogen and oxygen atoms in total. The number of fused-ring (bicyclic) bond motifs is 1. The summed E-state index contributed by atoms with van der Waals surface area (Å²) in [6.07, 6.45) is 6.66. The number of likely N-dealkylation sites (tertiary alicyclic amines) is 1. The summed E-state index contributed by atoms with van der Waals surface area (Å²) in [7, 11) is 0. The molecule has 2 amide bonds. The average Bonchev–Trinajstić information content (AvgIpc) is 2.94. The molecule has 0 spiro atoms. The Morgan fingerprint density at radius 2 is 1.88 bits per heavy atom. The monoisotopic (exact) mass is 232 g/mol. The molecule has 2 aliphatic rings. The van der Waals surface area contributed by atoms with Crippen molar-refractivity contribution in [2.45, 2.75) is 19.4 Å². The van der Waals surface area contributed by atoms with Crippen molar-refractivity contribution in [3.63, 3.8) is 0 Å². The van der Waals surface area contributed by atoms with E-state index in [4.69, 9.17) is 0 Å². The molecule has 88 valence electrons. The second-order valence-corrected chi connectivity index (χ2v) is 4.35. The summed E-state index contributed by atoms with van der Waals surface area (Å²) in [5, 5.41) is 6.37. The summed E-state index contributed by atoms with van der Waals surface area (Å²) in [5.74, 6) is 0.0330. The van der Waals surface area contributed by atoms with E-state index in [1.54, 1.807) is 0 Å². The molecule has 1 aliphatic heterocycles. The van der Waals surface area contributed by atoms with Gasteiger partial charge in [0.25, 0.3) is 0 Å². The molecule has 1 aromatic heterocycles. The van der Waals surface area contributed by atoms with Crippen molar-refractivity contribution in [2.24, 2.45) is 11.8 Å². The number of hydrogen-bond donors (Lipinski definition) is 1. The molecular weight excluding hydrogens is 220 g/mol. The van der Waals surface area contributed by atoms with Gasteiger partial charge in [-0.15, -0.1) is 0 Å². The van der Waals surface area contributed by atoms with Crippen LogP contribution in [0.25, 0.3) is 0 Å². The van der Waals surface area contributed by atoms with Gasteiger partial charge in [0, 0.05) is 0 Å².